The van der Waals surface area contributed by atoms with Gasteiger partial charge in [0.05, 0.1) is 25.4 Å². The van der Waals surface area contributed by atoms with Gasteiger partial charge < -0.3 is 50.5 Å². The summed E-state index contributed by atoms with van der Waals surface area (Å²) in [6, 6.07) is -1.19. The summed E-state index contributed by atoms with van der Waals surface area (Å²) in [5.74, 6) is -0.706. The zero-order chi connectivity index (χ0) is 63.9. The molecule has 0 aromatic heterocycles. The number of hydrogen-bond acceptors (Lipinski definition) is 10. The van der Waals surface area contributed by atoms with Gasteiger partial charge in [0.15, 0.2) is 6.29 Å². The number of carbonyl (C=O) groups excluding carboxylic acids is 1. The number of amides is 1. The molecule has 0 bridgehead atoms. The van der Waals surface area contributed by atoms with Crippen LogP contribution in [0.15, 0.2) is 48.6 Å². The Morgan fingerprint density at radius 1 is 0.398 bits per heavy atom. The van der Waals surface area contributed by atoms with Crippen LogP contribution in [-0.2, 0) is 14.3 Å². The van der Waals surface area contributed by atoms with Crippen molar-refractivity contribution in [2.75, 3.05) is 13.2 Å². The molecule has 8 N–H and O–H groups in total. The van der Waals surface area contributed by atoms with Crippen molar-refractivity contribution in [3.63, 3.8) is 0 Å². The molecule has 1 amide bonds. The molecule has 1 aliphatic rings. The van der Waals surface area contributed by atoms with Gasteiger partial charge in [-0.3, -0.25) is 4.79 Å². The second kappa shape index (κ2) is 65.1. The fourth-order valence-electron chi connectivity index (χ4n) is 12.3. The molecule has 11 heteroatoms. The van der Waals surface area contributed by atoms with Crippen molar-refractivity contribution in [3.8, 4) is 0 Å². The van der Waals surface area contributed by atoms with E-state index < -0.39 is 74.2 Å². The quantitative estimate of drug-likeness (QED) is 0.0215. The highest BCUT2D eigenvalue weighted by Crippen LogP contribution is 2.24. The van der Waals surface area contributed by atoms with Gasteiger partial charge in [0.2, 0.25) is 5.91 Å². The average Bonchev–Trinajstić information content (AvgIpc) is 2.67. The number of aliphatic hydroxyl groups excluding tert-OH is 7. The van der Waals surface area contributed by atoms with Crippen LogP contribution in [0.1, 0.15) is 367 Å². The Kier molecular flexibility index (Phi) is 62.2. The first-order chi connectivity index (χ1) is 43.2. The van der Waals surface area contributed by atoms with Crippen LogP contribution in [0.2, 0.25) is 0 Å². The van der Waals surface area contributed by atoms with Gasteiger partial charge in [-0.2, -0.15) is 0 Å². The summed E-state index contributed by atoms with van der Waals surface area (Å²) >= 11 is 0. The number of allylic oxidation sites excluding steroid dienone is 8. The topological polar surface area (TPSA) is 189 Å². The molecule has 1 heterocycles. The summed E-state index contributed by atoms with van der Waals surface area (Å²) in [6.45, 7) is 3.49. The van der Waals surface area contributed by atoms with E-state index in [1.807, 2.05) is 0 Å². The zero-order valence-corrected chi connectivity index (χ0v) is 57.5. The molecule has 0 aromatic carbocycles. The Morgan fingerprint density at radius 2 is 0.716 bits per heavy atom. The molecule has 9 atom stereocenters. The number of aliphatic hydroxyl groups is 7. The Balaban J connectivity index is 2.19. The number of hydrogen-bond donors (Lipinski definition) is 8. The summed E-state index contributed by atoms with van der Waals surface area (Å²) in [7, 11) is 0. The van der Waals surface area contributed by atoms with Gasteiger partial charge >= 0.3 is 0 Å². The monoisotopic (exact) mass is 1240 g/mol. The third kappa shape index (κ3) is 51.6. The maximum atomic E-state index is 13.3. The molecular formula is C77H145NO10. The third-order valence-electron chi connectivity index (χ3n) is 18.3. The van der Waals surface area contributed by atoms with Crippen molar-refractivity contribution in [1.82, 2.24) is 5.32 Å². The second-order valence-electron chi connectivity index (χ2n) is 26.7. The highest BCUT2D eigenvalue weighted by atomic mass is 16.7. The van der Waals surface area contributed by atoms with Gasteiger partial charge in [-0.1, -0.05) is 332 Å². The molecule has 9 unspecified atom stereocenters. The van der Waals surface area contributed by atoms with Crippen LogP contribution in [0.4, 0.5) is 0 Å². The van der Waals surface area contributed by atoms with E-state index in [4.69, 9.17) is 9.47 Å². The molecule has 88 heavy (non-hydrogen) atoms. The minimum atomic E-state index is -1.67. The number of unbranched alkanes of at least 4 members (excludes halogenated alkanes) is 47. The van der Waals surface area contributed by atoms with Gasteiger partial charge in [0.1, 0.15) is 36.6 Å². The molecule has 0 spiro atoms. The Bertz CT molecular complexity index is 1570. The fourth-order valence-corrected chi connectivity index (χ4v) is 12.3. The largest absolute Gasteiger partial charge is 0.394 e. The fraction of sp³-hybridized carbons (Fsp3) is 0.883. The highest BCUT2D eigenvalue weighted by molar-refractivity contribution is 5.80. The minimum absolute atomic E-state index is 0.247. The first-order valence-corrected chi connectivity index (χ1v) is 38.0. The standard InChI is InChI=1S/C77H145NO10/c1-3-5-7-9-11-13-15-17-19-21-23-25-27-29-31-33-35-37-38-40-42-44-46-48-50-52-54-56-58-60-62-64-69(80)72(82)68(67-87-77-75(85)74(84)73(83)71(66-79)88-77)78-76(86)70(81)65-63-61-59-57-55-53-51-49-47-45-43-41-39-36-34-32-30-28-26-24-22-20-18-16-14-12-10-8-6-4-2/h24,26,30,32,48,50,56,58,68-75,77,79-85H,3-23,25,27-29,31,33-47,49,51-55,57,59-67H2,1-2H3,(H,78,86)/b26-24-,32-30-,50-48+,58-56+. The lowest BCUT2D eigenvalue weighted by Crippen LogP contribution is -2.60. The molecule has 0 saturated carbocycles. The lowest BCUT2D eigenvalue weighted by molar-refractivity contribution is -0.303. The Hall–Kier alpha value is -1.93. The zero-order valence-electron chi connectivity index (χ0n) is 57.5. The summed E-state index contributed by atoms with van der Waals surface area (Å²) < 4.78 is 11.2. The van der Waals surface area contributed by atoms with E-state index in [1.54, 1.807) is 0 Å². The summed E-state index contributed by atoms with van der Waals surface area (Å²) in [4.78, 5) is 13.3. The van der Waals surface area contributed by atoms with E-state index in [1.165, 1.54) is 276 Å². The van der Waals surface area contributed by atoms with Crippen LogP contribution in [-0.4, -0.2) is 110 Å². The van der Waals surface area contributed by atoms with Crippen LogP contribution in [0.5, 0.6) is 0 Å². The first-order valence-electron chi connectivity index (χ1n) is 38.0. The maximum absolute atomic E-state index is 13.3. The van der Waals surface area contributed by atoms with Crippen LogP contribution < -0.4 is 5.32 Å². The second-order valence-corrected chi connectivity index (χ2v) is 26.7. The van der Waals surface area contributed by atoms with Gasteiger partial charge in [0.25, 0.3) is 0 Å². The summed E-state index contributed by atoms with van der Waals surface area (Å²) in [5, 5.41) is 76.6. The molecule has 0 radical (unpaired) electrons. The van der Waals surface area contributed by atoms with Crippen molar-refractivity contribution < 1.29 is 50.0 Å². The number of ether oxygens (including phenoxy) is 2. The van der Waals surface area contributed by atoms with Crippen molar-refractivity contribution in [3.05, 3.63) is 48.6 Å². The van der Waals surface area contributed by atoms with Crippen molar-refractivity contribution in [2.24, 2.45) is 0 Å². The summed E-state index contributed by atoms with van der Waals surface area (Å²) in [5.41, 5.74) is 0. The SMILES string of the molecule is CCCCCCCCCCC/C=C\C/C=C\CCCCCCCCCCCCCCCCC(O)C(=O)NC(COC1OC(CO)C(O)C(O)C1O)C(O)C(O)CCC/C=C/CC/C=C/CCCCCCCCCCCCCCCCCCCCCCCC. The maximum Gasteiger partial charge on any atom is 0.249 e. The Labute approximate surface area is 542 Å². The van der Waals surface area contributed by atoms with Gasteiger partial charge in [-0.05, 0) is 83.5 Å². The van der Waals surface area contributed by atoms with E-state index in [9.17, 15) is 40.5 Å². The Morgan fingerprint density at radius 3 is 1.08 bits per heavy atom. The lowest BCUT2D eigenvalue weighted by atomic mass is 9.98. The molecule has 0 aliphatic carbocycles. The molecular weight excluding hydrogens is 1100 g/mol. The van der Waals surface area contributed by atoms with Crippen molar-refractivity contribution in [2.45, 2.75) is 422 Å². The lowest BCUT2D eigenvalue weighted by Gasteiger charge is -2.40. The number of nitrogens with one attached hydrogen (secondary N) is 1. The van der Waals surface area contributed by atoms with Crippen molar-refractivity contribution >= 4 is 5.91 Å². The first kappa shape index (κ1) is 84.1. The molecule has 11 nitrogen and oxygen atoms in total. The molecule has 1 saturated heterocycles. The predicted octanol–water partition coefficient (Wildman–Crippen LogP) is 19.1. The van der Waals surface area contributed by atoms with Crippen LogP contribution in [0.25, 0.3) is 0 Å². The molecule has 1 rings (SSSR count). The van der Waals surface area contributed by atoms with E-state index in [2.05, 4.69) is 67.8 Å². The number of carbonyl (C=O) groups is 1. The molecule has 1 fully saturated rings. The van der Waals surface area contributed by atoms with Gasteiger partial charge in [0, 0.05) is 0 Å². The van der Waals surface area contributed by atoms with Gasteiger partial charge in [-0.15, -0.1) is 0 Å². The predicted molar refractivity (Wildman–Crippen MR) is 372 cm³/mol. The molecule has 518 valence electrons. The van der Waals surface area contributed by atoms with E-state index in [0.29, 0.717) is 19.3 Å². The normalized spacial score (nSPS) is 18.9. The van der Waals surface area contributed by atoms with Crippen LogP contribution >= 0.6 is 0 Å². The highest BCUT2D eigenvalue weighted by Gasteiger charge is 2.44. The van der Waals surface area contributed by atoms with E-state index >= 15 is 0 Å². The average molecular weight is 1250 g/mol. The van der Waals surface area contributed by atoms with Crippen LogP contribution in [0.3, 0.4) is 0 Å². The van der Waals surface area contributed by atoms with Gasteiger partial charge in [-0.25, -0.2) is 0 Å². The van der Waals surface area contributed by atoms with E-state index in [-0.39, 0.29) is 12.8 Å². The van der Waals surface area contributed by atoms with Crippen molar-refractivity contribution in [1.29, 1.82) is 0 Å². The smallest absolute Gasteiger partial charge is 0.249 e. The molecule has 1 aliphatic heterocycles. The third-order valence-corrected chi connectivity index (χ3v) is 18.3. The molecule has 0 aromatic rings. The van der Waals surface area contributed by atoms with Crippen LogP contribution in [0, 0.1) is 0 Å². The number of rotatable bonds is 67. The minimum Gasteiger partial charge on any atom is -0.394 e. The summed E-state index contributed by atoms with van der Waals surface area (Å²) in [6.07, 6.45) is 75.0. The van der Waals surface area contributed by atoms with E-state index in [0.717, 1.165) is 44.9 Å².